The van der Waals surface area contributed by atoms with Crippen LogP contribution in [0.3, 0.4) is 0 Å². The number of hydrogen-bond donors (Lipinski definition) is 1. The molecule has 36 heavy (non-hydrogen) atoms. The number of likely N-dealkylation sites (tertiary alicyclic amines) is 1. The summed E-state index contributed by atoms with van der Waals surface area (Å²) in [5, 5.41) is 12.1. The van der Waals surface area contributed by atoms with Crippen molar-refractivity contribution in [2.45, 2.75) is 38.8 Å². The molecule has 0 saturated carbocycles. The zero-order chi connectivity index (χ0) is 25.9. The number of nitriles is 1. The fraction of sp³-hybridized carbons (Fsp3) is 0.296. The van der Waals surface area contributed by atoms with Crippen LogP contribution in [0, 0.1) is 18.3 Å². The van der Waals surface area contributed by atoms with Crippen molar-refractivity contribution in [1.82, 2.24) is 14.9 Å². The lowest BCUT2D eigenvalue weighted by Crippen LogP contribution is -2.43. The number of carbonyl (C=O) groups excluding carboxylic acids is 2. The summed E-state index contributed by atoms with van der Waals surface area (Å²) >= 11 is 5.81. The summed E-state index contributed by atoms with van der Waals surface area (Å²) in [4.78, 5) is 35.9. The van der Waals surface area contributed by atoms with Crippen molar-refractivity contribution in [1.29, 1.82) is 5.26 Å². The first-order valence-corrected chi connectivity index (χ1v) is 12.0. The fourth-order valence-electron chi connectivity index (χ4n) is 4.33. The number of halogens is 2. The van der Waals surface area contributed by atoms with E-state index in [0.717, 1.165) is 11.1 Å². The van der Waals surface area contributed by atoms with E-state index in [1.54, 1.807) is 23.1 Å². The van der Waals surface area contributed by atoms with Gasteiger partial charge in [-0.15, -0.1) is 0 Å². The smallest absolute Gasteiger partial charge is 0.257 e. The molecule has 2 aromatic heterocycles. The molecule has 1 aliphatic rings. The van der Waals surface area contributed by atoms with Crippen LogP contribution in [0.15, 0.2) is 48.8 Å². The van der Waals surface area contributed by atoms with E-state index in [1.807, 2.05) is 26.0 Å². The molecule has 9 heteroatoms. The lowest BCUT2D eigenvalue weighted by atomic mass is 9.89. The van der Waals surface area contributed by atoms with Gasteiger partial charge in [0.05, 0.1) is 16.8 Å². The second-order valence-electron chi connectivity index (χ2n) is 8.80. The Kier molecular flexibility index (Phi) is 7.32. The molecule has 1 aliphatic heterocycles. The Labute approximate surface area is 213 Å². The third-order valence-electron chi connectivity index (χ3n) is 6.49. The van der Waals surface area contributed by atoms with Crippen molar-refractivity contribution >= 4 is 29.1 Å². The Balaban J connectivity index is 1.51. The number of aromatic nitrogens is 2. The van der Waals surface area contributed by atoms with Gasteiger partial charge in [-0.1, -0.05) is 24.6 Å². The molecular formula is C27H25ClFN5O2. The summed E-state index contributed by atoms with van der Waals surface area (Å²) in [7, 11) is 0. The molecule has 184 valence electrons. The molecule has 3 heterocycles. The van der Waals surface area contributed by atoms with Gasteiger partial charge in [-0.05, 0) is 54.8 Å². The zero-order valence-corrected chi connectivity index (χ0v) is 20.8. The maximum Gasteiger partial charge on any atom is 0.257 e. The monoisotopic (exact) mass is 505 g/mol. The minimum atomic E-state index is -1.66. The Hall–Kier alpha value is -3.83. The van der Waals surface area contributed by atoms with Crippen LogP contribution in [0.4, 0.5) is 10.1 Å². The van der Waals surface area contributed by atoms with E-state index in [9.17, 15) is 9.59 Å². The van der Waals surface area contributed by atoms with Crippen LogP contribution in [0.2, 0.25) is 5.15 Å². The SMILES string of the molecule is CCc1cc(C)c(C(=O)N2CCC(F)(c3ccc(C#N)cn3)CC2)cc1NC(=O)c1ccc(Cl)nc1. The quantitative estimate of drug-likeness (QED) is 0.479. The number of pyridine rings is 2. The number of benzene rings is 1. The summed E-state index contributed by atoms with van der Waals surface area (Å²) in [6.45, 7) is 4.28. The average Bonchev–Trinajstić information content (AvgIpc) is 2.89. The number of hydrogen-bond acceptors (Lipinski definition) is 5. The van der Waals surface area contributed by atoms with Crippen LogP contribution in [0.1, 0.15) is 62.9 Å². The van der Waals surface area contributed by atoms with E-state index >= 15 is 4.39 Å². The number of carbonyl (C=O) groups is 2. The minimum absolute atomic E-state index is 0.108. The van der Waals surface area contributed by atoms with Gasteiger partial charge in [0.25, 0.3) is 11.8 Å². The number of aryl methyl sites for hydroxylation is 2. The van der Waals surface area contributed by atoms with Crippen LogP contribution >= 0.6 is 11.6 Å². The molecule has 1 N–H and O–H groups in total. The van der Waals surface area contributed by atoms with Crippen LogP contribution in [0.25, 0.3) is 0 Å². The maximum atomic E-state index is 15.6. The minimum Gasteiger partial charge on any atom is -0.338 e. The topological polar surface area (TPSA) is 99.0 Å². The number of alkyl halides is 1. The predicted octanol–water partition coefficient (Wildman–Crippen LogP) is 5.23. The number of nitrogens with zero attached hydrogens (tertiary/aromatic N) is 4. The average molecular weight is 506 g/mol. The fourth-order valence-corrected chi connectivity index (χ4v) is 4.44. The van der Waals surface area contributed by atoms with Crippen molar-refractivity contribution < 1.29 is 14.0 Å². The van der Waals surface area contributed by atoms with E-state index < -0.39 is 5.67 Å². The Bertz CT molecular complexity index is 1330. The molecule has 1 saturated heterocycles. The van der Waals surface area contributed by atoms with E-state index in [4.69, 9.17) is 16.9 Å². The first kappa shape index (κ1) is 25.3. The number of amides is 2. The number of piperidine rings is 1. The van der Waals surface area contributed by atoms with E-state index in [-0.39, 0.29) is 48.6 Å². The Morgan fingerprint density at radius 2 is 1.92 bits per heavy atom. The summed E-state index contributed by atoms with van der Waals surface area (Å²) in [6, 6.07) is 11.8. The van der Waals surface area contributed by atoms with Crippen molar-refractivity contribution in [2.75, 3.05) is 18.4 Å². The third-order valence-corrected chi connectivity index (χ3v) is 6.72. The molecule has 0 radical (unpaired) electrons. The third kappa shape index (κ3) is 5.21. The van der Waals surface area contributed by atoms with Crippen molar-refractivity contribution in [3.63, 3.8) is 0 Å². The predicted molar refractivity (Wildman–Crippen MR) is 135 cm³/mol. The van der Waals surface area contributed by atoms with Crippen molar-refractivity contribution in [3.8, 4) is 6.07 Å². The van der Waals surface area contributed by atoms with Gasteiger partial charge in [0.2, 0.25) is 0 Å². The van der Waals surface area contributed by atoms with Gasteiger partial charge in [0.1, 0.15) is 11.2 Å². The molecule has 1 aromatic carbocycles. The number of anilines is 1. The van der Waals surface area contributed by atoms with Crippen molar-refractivity contribution in [3.05, 3.63) is 87.5 Å². The van der Waals surface area contributed by atoms with Gasteiger partial charge in [0, 0.05) is 49.6 Å². The van der Waals surface area contributed by atoms with Crippen LogP contribution in [-0.2, 0) is 12.1 Å². The normalized spacial score (nSPS) is 14.7. The Morgan fingerprint density at radius 3 is 2.50 bits per heavy atom. The Morgan fingerprint density at radius 1 is 1.17 bits per heavy atom. The summed E-state index contributed by atoms with van der Waals surface area (Å²) < 4.78 is 15.6. The molecule has 4 rings (SSSR count). The maximum absolute atomic E-state index is 15.6. The lowest BCUT2D eigenvalue weighted by molar-refractivity contribution is 0.0402. The standard InChI is InChI=1S/C27H25ClFN5O2/c1-3-19-12-17(2)21(13-22(19)33-25(35)20-5-7-24(28)32-16-20)26(36)34-10-8-27(29,9-11-34)23-6-4-18(14-30)15-31-23/h4-7,12-13,15-16H,3,8-11H2,1-2H3,(H,33,35). The van der Waals surface area contributed by atoms with Crippen molar-refractivity contribution in [2.24, 2.45) is 0 Å². The molecule has 0 atom stereocenters. The van der Waals surface area contributed by atoms with Gasteiger partial charge in [0.15, 0.2) is 5.67 Å². The molecule has 1 fully saturated rings. The first-order valence-electron chi connectivity index (χ1n) is 11.7. The van der Waals surface area contributed by atoms with E-state index in [1.165, 1.54) is 24.5 Å². The molecule has 3 aromatic rings. The molecule has 0 aliphatic carbocycles. The lowest BCUT2D eigenvalue weighted by Gasteiger charge is -2.36. The van der Waals surface area contributed by atoms with E-state index in [2.05, 4.69) is 15.3 Å². The molecule has 0 spiro atoms. The largest absolute Gasteiger partial charge is 0.338 e. The van der Waals surface area contributed by atoms with Crippen LogP contribution in [0.5, 0.6) is 0 Å². The molecule has 0 bridgehead atoms. The second kappa shape index (κ2) is 10.4. The van der Waals surface area contributed by atoms with Gasteiger partial charge in [-0.3, -0.25) is 14.6 Å². The van der Waals surface area contributed by atoms with Gasteiger partial charge >= 0.3 is 0 Å². The highest BCUT2D eigenvalue weighted by Gasteiger charge is 2.39. The van der Waals surface area contributed by atoms with E-state index in [0.29, 0.717) is 28.8 Å². The first-order chi connectivity index (χ1) is 17.2. The summed E-state index contributed by atoms with van der Waals surface area (Å²) in [5.74, 6) is -0.570. The van der Waals surface area contributed by atoms with Gasteiger partial charge in [-0.25, -0.2) is 9.37 Å². The zero-order valence-electron chi connectivity index (χ0n) is 20.0. The number of rotatable bonds is 5. The highest BCUT2D eigenvalue weighted by molar-refractivity contribution is 6.29. The number of nitrogens with one attached hydrogen (secondary N) is 1. The molecule has 0 unspecified atom stereocenters. The van der Waals surface area contributed by atoms with Gasteiger partial charge < -0.3 is 10.2 Å². The van der Waals surface area contributed by atoms with Crippen LogP contribution < -0.4 is 5.32 Å². The van der Waals surface area contributed by atoms with Crippen LogP contribution in [-0.4, -0.2) is 39.8 Å². The highest BCUT2D eigenvalue weighted by Crippen LogP contribution is 2.36. The molecule has 2 amide bonds. The second-order valence-corrected chi connectivity index (χ2v) is 9.19. The summed E-state index contributed by atoms with van der Waals surface area (Å²) in [5.41, 5.74) is 2.03. The van der Waals surface area contributed by atoms with Gasteiger partial charge in [-0.2, -0.15) is 5.26 Å². The molecular weight excluding hydrogens is 481 g/mol. The summed E-state index contributed by atoms with van der Waals surface area (Å²) in [6.07, 6.45) is 3.63. The highest BCUT2D eigenvalue weighted by atomic mass is 35.5. The molecule has 7 nitrogen and oxygen atoms in total.